The number of fused-ring (bicyclic) bond motifs is 5. The Hall–Kier alpha value is -4.19. The minimum Gasteiger partial charge on any atom is -0.493 e. The van der Waals surface area contributed by atoms with Crippen molar-refractivity contribution in [3.63, 3.8) is 0 Å². The maximum atomic E-state index is 14.7. The average Bonchev–Trinajstić information content (AvgIpc) is 3.37. The molecule has 3 aromatic carbocycles. The molecule has 0 aromatic heterocycles. The van der Waals surface area contributed by atoms with Crippen molar-refractivity contribution < 1.29 is 23.9 Å². The van der Waals surface area contributed by atoms with Crippen LogP contribution in [0.3, 0.4) is 0 Å². The second kappa shape index (κ2) is 8.91. The monoisotopic (exact) mass is 535 g/mol. The Bertz CT molecular complexity index is 1580. The van der Waals surface area contributed by atoms with E-state index in [1.165, 1.54) is 0 Å². The summed E-state index contributed by atoms with van der Waals surface area (Å²) in [4.78, 5) is 46.1. The van der Waals surface area contributed by atoms with Crippen LogP contribution in [0.15, 0.2) is 66.7 Å². The number of hydrogen-bond acceptors (Lipinski definition) is 6. The number of carbonyl (C=O) groups excluding carboxylic acids is 3. The van der Waals surface area contributed by atoms with Crippen LogP contribution in [-0.4, -0.2) is 43.7 Å². The summed E-state index contributed by atoms with van der Waals surface area (Å²) in [6.45, 7) is 7.68. The average molecular weight is 536 g/mol. The van der Waals surface area contributed by atoms with Gasteiger partial charge in [-0.1, -0.05) is 81.0 Å². The molecular formula is C34H33NO5. The van der Waals surface area contributed by atoms with Crippen LogP contribution in [0.25, 0.3) is 6.08 Å². The van der Waals surface area contributed by atoms with Gasteiger partial charge in [-0.05, 0) is 30.7 Å². The normalized spacial score (nSPS) is 22.2. The molecule has 6 nitrogen and oxygen atoms in total. The second-order valence-electron chi connectivity index (χ2n) is 12.0. The summed E-state index contributed by atoms with van der Waals surface area (Å²) in [6, 6.07) is 17.0. The molecule has 6 rings (SSSR count). The van der Waals surface area contributed by atoms with Crippen molar-refractivity contribution in [1.82, 2.24) is 0 Å². The maximum absolute atomic E-state index is 14.7. The van der Waals surface area contributed by atoms with E-state index in [9.17, 15) is 14.4 Å². The number of aryl methyl sites for hydroxylation is 1. The van der Waals surface area contributed by atoms with Crippen LogP contribution in [0.5, 0.6) is 11.5 Å². The topological polar surface area (TPSA) is 72.9 Å². The standard InChI is InChI=1S/C34H33NO5/c1-19-14-16-24-20(18-19)15-17-26-34(30(36)21-10-7-8-11-22(21)31(34)37)27(28(35(24)26)32(38)33(2,3)4)23-12-9-13-25(39-5)29(23)40-6/h7-18,26-28H,1-6H3/t26-,27+,28-/m1/s1. The SMILES string of the molecule is COc1cccc([C@H]2[C@H](C(=O)C(C)(C)C)N3c4ccc(C)cc4C=C[C@@H]3C23C(=O)c2ccccc2C3=O)c1OC. The summed E-state index contributed by atoms with van der Waals surface area (Å²) >= 11 is 0. The molecule has 204 valence electrons. The predicted octanol–water partition coefficient (Wildman–Crippen LogP) is 6.06. The van der Waals surface area contributed by atoms with Gasteiger partial charge in [0.05, 0.1) is 26.3 Å². The summed E-state index contributed by atoms with van der Waals surface area (Å²) in [5, 5.41) is 0. The molecule has 0 saturated carbocycles. The lowest BCUT2D eigenvalue weighted by Gasteiger charge is -2.38. The van der Waals surface area contributed by atoms with Crippen LogP contribution in [0.2, 0.25) is 0 Å². The van der Waals surface area contributed by atoms with E-state index in [0.717, 1.165) is 16.8 Å². The summed E-state index contributed by atoms with van der Waals surface area (Å²) in [5.74, 6) is -0.513. The highest BCUT2D eigenvalue weighted by atomic mass is 16.5. The van der Waals surface area contributed by atoms with Crippen molar-refractivity contribution in [2.45, 2.75) is 45.7 Å². The van der Waals surface area contributed by atoms with Crippen molar-refractivity contribution in [3.8, 4) is 11.5 Å². The smallest absolute Gasteiger partial charge is 0.180 e. The van der Waals surface area contributed by atoms with Gasteiger partial charge in [-0.2, -0.15) is 0 Å². The minimum atomic E-state index is -1.58. The molecule has 40 heavy (non-hydrogen) atoms. The first kappa shape index (κ1) is 26.1. The lowest BCUT2D eigenvalue weighted by molar-refractivity contribution is -0.127. The Morgan fingerprint density at radius 1 is 0.900 bits per heavy atom. The molecule has 3 atom stereocenters. The Morgan fingerprint density at radius 3 is 2.17 bits per heavy atom. The van der Waals surface area contributed by atoms with Gasteiger partial charge in [0, 0.05) is 33.7 Å². The van der Waals surface area contributed by atoms with Crippen LogP contribution < -0.4 is 14.4 Å². The molecule has 0 radical (unpaired) electrons. The van der Waals surface area contributed by atoms with Gasteiger partial charge in [0.2, 0.25) is 0 Å². The second-order valence-corrected chi connectivity index (χ2v) is 12.0. The van der Waals surface area contributed by atoms with Gasteiger partial charge < -0.3 is 14.4 Å². The minimum absolute atomic E-state index is 0.0531. The fraction of sp³-hybridized carbons (Fsp3) is 0.324. The highest BCUT2D eigenvalue weighted by Gasteiger charge is 2.72. The predicted molar refractivity (Wildman–Crippen MR) is 155 cm³/mol. The molecule has 6 heteroatoms. The highest BCUT2D eigenvalue weighted by molar-refractivity contribution is 6.32. The summed E-state index contributed by atoms with van der Waals surface area (Å²) in [5.41, 5.74) is 1.93. The van der Waals surface area contributed by atoms with Crippen LogP contribution in [0.4, 0.5) is 5.69 Å². The van der Waals surface area contributed by atoms with E-state index in [0.29, 0.717) is 28.2 Å². The van der Waals surface area contributed by atoms with E-state index < -0.39 is 28.8 Å². The lowest BCUT2D eigenvalue weighted by Crippen LogP contribution is -2.49. The van der Waals surface area contributed by atoms with Crippen LogP contribution in [0.1, 0.15) is 64.1 Å². The summed E-state index contributed by atoms with van der Waals surface area (Å²) < 4.78 is 11.5. The van der Waals surface area contributed by atoms with Crippen molar-refractivity contribution >= 4 is 29.1 Å². The third-order valence-corrected chi connectivity index (χ3v) is 8.74. The number of para-hydroxylation sites is 1. The van der Waals surface area contributed by atoms with Crippen molar-refractivity contribution in [2.24, 2.45) is 10.8 Å². The summed E-state index contributed by atoms with van der Waals surface area (Å²) in [6.07, 6.45) is 3.93. The van der Waals surface area contributed by atoms with Gasteiger partial charge in [-0.3, -0.25) is 14.4 Å². The number of Topliss-reactive ketones (excluding diaryl/α,β-unsaturated/α-hetero) is 3. The highest BCUT2D eigenvalue weighted by Crippen LogP contribution is 2.62. The van der Waals surface area contributed by atoms with Crippen molar-refractivity contribution in [3.05, 3.63) is 94.6 Å². The molecule has 1 fully saturated rings. The van der Waals surface area contributed by atoms with Gasteiger partial charge in [0.25, 0.3) is 0 Å². The number of hydrogen-bond donors (Lipinski definition) is 0. The molecule has 3 aliphatic rings. The van der Waals surface area contributed by atoms with Crippen LogP contribution in [-0.2, 0) is 4.79 Å². The summed E-state index contributed by atoms with van der Waals surface area (Å²) in [7, 11) is 3.10. The fourth-order valence-electron chi connectivity index (χ4n) is 7.04. The molecule has 2 aliphatic heterocycles. The first-order valence-electron chi connectivity index (χ1n) is 13.6. The van der Waals surface area contributed by atoms with Gasteiger partial charge in [-0.15, -0.1) is 0 Å². The van der Waals surface area contributed by atoms with Gasteiger partial charge in [0.15, 0.2) is 28.8 Å². The Morgan fingerprint density at radius 2 is 1.57 bits per heavy atom. The van der Waals surface area contributed by atoms with Crippen molar-refractivity contribution in [1.29, 1.82) is 0 Å². The molecule has 3 aromatic rings. The zero-order valence-corrected chi connectivity index (χ0v) is 23.6. The fourth-order valence-corrected chi connectivity index (χ4v) is 7.04. The van der Waals surface area contributed by atoms with Crippen LogP contribution >= 0.6 is 0 Å². The number of nitrogens with zero attached hydrogens (tertiary/aromatic N) is 1. The molecule has 0 unspecified atom stereocenters. The Balaban J connectivity index is 1.74. The first-order valence-corrected chi connectivity index (χ1v) is 13.6. The lowest BCUT2D eigenvalue weighted by atomic mass is 9.63. The molecular weight excluding hydrogens is 502 g/mol. The number of rotatable bonds is 4. The van der Waals surface area contributed by atoms with E-state index in [2.05, 4.69) is 6.07 Å². The maximum Gasteiger partial charge on any atom is 0.180 e. The third-order valence-electron chi connectivity index (χ3n) is 8.74. The van der Waals surface area contributed by atoms with Gasteiger partial charge in [0.1, 0.15) is 5.41 Å². The van der Waals surface area contributed by atoms with E-state index >= 15 is 0 Å². The molecule has 0 amide bonds. The molecule has 0 bridgehead atoms. The molecule has 1 saturated heterocycles. The van der Waals surface area contributed by atoms with Crippen LogP contribution in [0, 0.1) is 17.8 Å². The first-order chi connectivity index (χ1) is 19.1. The Kier molecular flexibility index (Phi) is 5.81. The third kappa shape index (κ3) is 3.31. The number of anilines is 1. The number of ketones is 3. The molecule has 1 spiro atoms. The number of methoxy groups -OCH3 is 2. The zero-order valence-electron chi connectivity index (χ0n) is 23.6. The van der Waals surface area contributed by atoms with E-state index in [1.807, 2.05) is 69.0 Å². The van der Waals surface area contributed by atoms with E-state index in [-0.39, 0.29) is 17.3 Å². The van der Waals surface area contributed by atoms with Gasteiger partial charge >= 0.3 is 0 Å². The van der Waals surface area contributed by atoms with E-state index in [4.69, 9.17) is 9.47 Å². The number of ether oxygens (including phenoxy) is 2. The largest absolute Gasteiger partial charge is 0.493 e. The Labute approximate surface area is 234 Å². The molecule has 2 heterocycles. The molecule has 0 N–H and O–H groups in total. The quantitative estimate of drug-likeness (QED) is 0.378. The zero-order chi connectivity index (χ0) is 28.6. The van der Waals surface area contributed by atoms with Gasteiger partial charge in [-0.25, -0.2) is 0 Å². The van der Waals surface area contributed by atoms with Crippen molar-refractivity contribution in [2.75, 3.05) is 19.1 Å². The number of carbonyl (C=O) groups is 3. The number of benzene rings is 3. The van der Waals surface area contributed by atoms with E-state index in [1.54, 1.807) is 44.6 Å². The molecule has 1 aliphatic carbocycles.